The number of benzene rings is 1. The second-order valence-electron chi connectivity index (χ2n) is 4.27. The maximum absolute atomic E-state index is 12.1. The van der Waals surface area contributed by atoms with E-state index in [-0.39, 0.29) is 23.3 Å². The van der Waals surface area contributed by atoms with Gasteiger partial charge in [0.1, 0.15) is 12.1 Å². The summed E-state index contributed by atoms with van der Waals surface area (Å²) in [5.74, 6) is 0.252. The number of aromatic hydroxyl groups is 1. The fourth-order valence-electron chi connectivity index (χ4n) is 1.76. The van der Waals surface area contributed by atoms with Gasteiger partial charge in [0.25, 0.3) is 5.91 Å². The predicted octanol–water partition coefficient (Wildman–Crippen LogP) is 0.594. The third-order valence-corrected chi connectivity index (χ3v) is 2.76. The fraction of sp³-hybridized carbons (Fsp3) is 0.250. The first-order valence-corrected chi connectivity index (χ1v) is 5.72. The molecule has 0 bridgehead atoms. The van der Waals surface area contributed by atoms with Crippen LogP contribution in [0.1, 0.15) is 29.1 Å². The molecular formula is C12H15N5O2. The Labute approximate surface area is 110 Å². The molecule has 0 radical (unpaired) electrons. The van der Waals surface area contributed by atoms with Crippen LogP contribution in [0.2, 0.25) is 0 Å². The van der Waals surface area contributed by atoms with Crippen LogP contribution in [0.4, 0.5) is 5.69 Å². The van der Waals surface area contributed by atoms with E-state index in [2.05, 4.69) is 15.5 Å². The van der Waals surface area contributed by atoms with E-state index in [4.69, 9.17) is 5.73 Å². The molecule has 0 aliphatic rings. The summed E-state index contributed by atoms with van der Waals surface area (Å²) < 4.78 is 1.72. The molecule has 0 aliphatic carbocycles. The Hall–Kier alpha value is -2.57. The van der Waals surface area contributed by atoms with E-state index < -0.39 is 0 Å². The molecule has 1 amide bonds. The Balaban J connectivity index is 2.17. The van der Waals surface area contributed by atoms with Crippen molar-refractivity contribution in [3.63, 3.8) is 0 Å². The van der Waals surface area contributed by atoms with Crippen LogP contribution in [-0.2, 0) is 7.05 Å². The van der Waals surface area contributed by atoms with E-state index in [0.29, 0.717) is 11.5 Å². The molecule has 1 heterocycles. The molecule has 100 valence electrons. The minimum atomic E-state index is -0.371. The normalized spacial score (nSPS) is 12.1. The summed E-state index contributed by atoms with van der Waals surface area (Å²) in [6, 6.07) is 3.92. The highest BCUT2D eigenvalue weighted by molar-refractivity contribution is 5.99. The largest absolute Gasteiger partial charge is 0.508 e. The topological polar surface area (TPSA) is 106 Å². The van der Waals surface area contributed by atoms with Crippen LogP contribution in [0.15, 0.2) is 24.5 Å². The lowest BCUT2D eigenvalue weighted by atomic mass is 10.1. The zero-order valence-electron chi connectivity index (χ0n) is 10.7. The summed E-state index contributed by atoms with van der Waals surface area (Å²) in [5.41, 5.74) is 6.25. The van der Waals surface area contributed by atoms with Crippen molar-refractivity contribution in [1.29, 1.82) is 0 Å². The second kappa shape index (κ2) is 4.97. The van der Waals surface area contributed by atoms with E-state index in [1.165, 1.54) is 18.2 Å². The number of carbonyl (C=O) groups excluding carboxylic acids is 1. The Morgan fingerprint density at radius 3 is 2.89 bits per heavy atom. The lowest BCUT2D eigenvalue weighted by Gasteiger charge is -2.14. The average molecular weight is 261 g/mol. The summed E-state index contributed by atoms with van der Waals surface area (Å²) in [6.45, 7) is 1.79. The molecule has 0 fully saturated rings. The standard InChI is InChI=1S/C12H15N5O2/c1-7(11-16-14-6-17(11)2)15-12(19)9-5-8(18)3-4-10(9)13/h3-7,18H,13H2,1-2H3,(H,15,19). The number of nitrogens with one attached hydrogen (secondary N) is 1. The van der Waals surface area contributed by atoms with Gasteiger partial charge in [0.15, 0.2) is 5.82 Å². The molecule has 2 aromatic rings. The van der Waals surface area contributed by atoms with Crippen molar-refractivity contribution in [1.82, 2.24) is 20.1 Å². The van der Waals surface area contributed by atoms with Gasteiger partial charge in [0, 0.05) is 12.7 Å². The number of nitrogen functional groups attached to an aromatic ring is 1. The van der Waals surface area contributed by atoms with Crippen molar-refractivity contribution in [2.45, 2.75) is 13.0 Å². The van der Waals surface area contributed by atoms with Gasteiger partial charge in [0.2, 0.25) is 0 Å². The molecule has 0 saturated carbocycles. The summed E-state index contributed by atoms with van der Waals surface area (Å²) in [6.07, 6.45) is 1.56. The monoisotopic (exact) mass is 261 g/mol. The third kappa shape index (κ3) is 2.65. The number of hydrogen-bond acceptors (Lipinski definition) is 5. The van der Waals surface area contributed by atoms with Crippen LogP contribution >= 0.6 is 0 Å². The first kappa shape index (κ1) is 12.9. The molecule has 0 saturated heterocycles. The first-order chi connectivity index (χ1) is 8.99. The molecule has 4 N–H and O–H groups in total. The fourth-order valence-corrected chi connectivity index (χ4v) is 1.76. The van der Waals surface area contributed by atoms with Crippen molar-refractivity contribution in [2.24, 2.45) is 7.05 Å². The van der Waals surface area contributed by atoms with Crippen LogP contribution in [0.3, 0.4) is 0 Å². The van der Waals surface area contributed by atoms with E-state index >= 15 is 0 Å². The summed E-state index contributed by atoms with van der Waals surface area (Å²) in [7, 11) is 1.79. The lowest BCUT2D eigenvalue weighted by molar-refractivity contribution is 0.0938. The number of carbonyl (C=O) groups is 1. The van der Waals surface area contributed by atoms with Crippen molar-refractivity contribution >= 4 is 11.6 Å². The molecule has 1 atom stereocenters. The van der Waals surface area contributed by atoms with Crippen LogP contribution in [0.25, 0.3) is 0 Å². The minimum Gasteiger partial charge on any atom is -0.508 e. The maximum Gasteiger partial charge on any atom is 0.254 e. The molecule has 7 heteroatoms. The Kier molecular flexibility index (Phi) is 3.37. The molecule has 1 aromatic heterocycles. The molecule has 0 spiro atoms. The Morgan fingerprint density at radius 1 is 1.53 bits per heavy atom. The molecule has 19 heavy (non-hydrogen) atoms. The van der Waals surface area contributed by atoms with Crippen LogP contribution in [0, 0.1) is 0 Å². The number of amides is 1. The number of hydrogen-bond donors (Lipinski definition) is 3. The summed E-state index contributed by atoms with van der Waals surface area (Å²) >= 11 is 0. The number of phenolic OH excluding ortho intramolecular Hbond substituents is 1. The highest BCUT2D eigenvalue weighted by atomic mass is 16.3. The molecule has 0 aliphatic heterocycles. The number of nitrogens with zero attached hydrogens (tertiary/aromatic N) is 3. The Bertz CT molecular complexity index is 608. The van der Waals surface area contributed by atoms with Crippen molar-refractivity contribution in [2.75, 3.05) is 5.73 Å². The number of aryl methyl sites for hydroxylation is 1. The summed E-state index contributed by atoms with van der Waals surface area (Å²) in [4.78, 5) is 12.1. The van der Waals surface area contributed by atoms with Crippen LogP contribution in [0.5, 0.6) is 5.75 Å². The highest BCUT2D eigenvalue weighted by Gasteiger charge is 2.17. The molecule has 1 unspecified atom stereocenters. The highest BCUT2D eigenvalue weighted by Crippen LogP contribution is 2.19. The number of aromatic nitrogens is 3. The molecule has 2 rings (SSSR count). The van der Waals surface area contributed by atoms with E-state index in [1.54, 1.807) is 24.9 Å². The molecule has 7 nitrogen and oxygen atoms in total. The SMILES string of the molecule is CC(NC(=O)c1cc(O)ccc1N)c1nncn1C. The van der Waals surface area contributed by atoms with Gasteiger partial charge in [-0.15, -0.1) is 10.2 Å². The van der Waals surface area contributed by atoms with Crippen molar-refractivity contribution in [3.8, 4) is 5.75 Å². The maximum atomic E-state index is 12.1. The Morgan fingerprint density at radius 2 is 2.26 bits per heavy atom. The van der Waals surface area contributed by atoms with Gasteiger partial charge < -0.3 is 20.7 Å². The van der Waals surface area contributed by atoms with Gasteiger partial charge in [-0.05, 0) is 25.1 Å². The second-order valence-corrected chi connectivity index (χ2v) is 4.27. The zero-order chi connectivity index (χ0) is 14.0. The average Bonchev–Trinajstić information content (AvgIpc) is 2.78. The smallest absolute Gasteiger partial charge is 0.254 e. The van der Waals surface area contributed by atoms with Crippen molar-refractivity contribution in [3.05, 3.63) is 35.9 Å². The molecular weight excluding hydrogens is 246 g/mol. The van der Waals surface area contributed by atoms with Gasteiger partial charge in [-0.3, -0.25) is 4.79 Å². The first-order valence-electron chi connectivity index (χ1n) is 5.72. The van der Waals surface area contributed by atoms with Crippen LogP contribution in [-0.4, -0.2) is 25.8 Å². The molecule has 1 aromatic carbocycles. The predicted molar refractivity (Wildman–Crippen MR) is 69.4 cm³/mol. The minimum absolute atomic E-state index is 0.00865. The van der Waals surface area contributed by atoms with E-state index in [9.17, 15) is 9.90 Å². The summed E-state index contributed by atoms with van der Waals surface area (Å²) in [5, 5.41) is 19.8. The number of phenols is 1. The van der Waals surface area contributed by atoms with Crippen LogP contribution < -0.4 is 11.1 Å². The van der Waals surface area contributed by atoms with Gasteiger partial charge >= 0.3 is 0 Å². The quantitative estimate of drug-likeness (QED) is 0.554. The number of rotatable bonds is 3. The number of anilines is 1. The van der Waals surface area contributed by atoms with E-state index in [0.717, 1.165) is 0 Å². The van der Waals surface area contributed by atoms with Gasteiger partial charge in [-0.1, -0.05) is 0 Å². The van der Waals surface area contributed by atoms with Gasteiger partial charge in [-0.2, -0.15) is 0 Å². The number of nitrogens with two attached hydrogens (primary N) is 1. The van der Waals surface area contributed by atoms with Gasteiger partial charge in [0.05, 0.1) is 11.6 Å². The van der Waals surface area contributed by atoms with E-state index in [1.807, 2.05) is 0 Å². The zero-order valence-corrected chi connectivity index (χ0v) is 10.7. The van der Waals surface area contributed by atoms with Gasteiger partial charge in [-0.25, -0.2) is 0 Å². The van der Waals surface area contributed by atoms with Crippen molar-refractivity contribution < 1.29 is 9.90 Å². The third-order valence-electron chi connectivity index (χ3n) is 2.76. The lowest BCUT2D eigenvalue weighted by Crippen LogP contribution is -2.29.